The van der Waals surface area contributed by atoms with Crippen LogP contribution in [0.15, 0.2) is 36.5 Å². The summed E-state index contributed by atoms with van der Waals surface area (Å²) in [7, 11) is 0. The molecule has 2 heterocycles. The highest BCUT2D eigenvalue weighted by atomic mass is 35.5. The molecule has 1 fully saturated rings. The summed E-state index contributed by atoms with van der Waals surface area (Å²) in [6.07, 6.45) is -3.19. The van der Waals surface area contributed by atoms with Crippen LogP contribution in [0, 0.1) is 18.2 Å². The molecule has 1 saturated carbocycles. The molecule has 14 heteroatoms. The Morgan fingerprint density at radius 1 is 1.19 bits per heavy atom. The van der Waals surface area contributed by atoms with Crippen molar-refractivity contribution in [3.63, 3.8) is 0 Å². The third-order valence-electron chi connectivity index (χ3n) is 5.50. The number of hydrogen-bond acceptors (Lipinski definition) is 6. The van der Waals surface area contributed by atoms with Crippen molar-refractivity contribution >= 4 is 57.3 Å². The van der Waals surface area contributed by atoms with E-state index in [1.54, 1.807) is 0 Å². The number of anilines is 3. The molecule has 4 rings (SSSR count). The fraction of sp³-hybridized carbons (Fsp3) is 0.227. The van der Waals surface area contributed by atoms with Crippen molar-refractivity contribution in [2.24, 2.45) is 11.1 Å². The van der Waals surface area contributed by atoms with Gasteiger partial charge in [-0.1, -0.05) is 22.9 Å². The lowest BCUT2D eigenvalue weighted by Gasteiger charge is -2.22. The van der Waals surface area contributed by atoms with Crippen molar-refractivity contribution in [3.8, 4) is 0 Å². The second-order valence-electron chi connectivity index (χ2n) is 7.98. The van der Waals surface area contributed by atoms with Crippen LogP contribution in [0.5, 0.6) is 0 Å². The van der Waals surface area contributed by atoms with Gasteiger partial charge >= 0.3 is 6.18 Å². The van der Waals surface area contributed by atoms with Crippen LogP contribution in [0.4, 0.5) is 34.2 Å². The maximum atomic E-state index is 13.9. The third-order valence-corrected chi connectivity index (χ3v) is 6.97. The molecular weight excluding hydrogens is 526 g/mol. The van der Waals surface area contributed by atoms with Gasteiger partial charge in [-0.15, -0.1) is 0 Å². The Hall–Kier alpha value is -3.58. The van der Waals surface area contributed by atoms with E-state index >= 15 is 0 Å². The molecule has 1 aliphatic carbocycles. The molecule has 1 aromatic carbocycles. The Balaban J connectivity index is 1.71. The minimum absolute atomic E-state index is 0.0587. The van der Waals surface area contributed by atoms with Gasteiger partial charge in [0.1, 0.15) is 21.9 Å². The van der Waals surface area contributed by atoms with Gasteiger partial charge < -0.3 is 11.1 Å². The van der Waals surface area contributed by atoms with Crippen LogP contribution in [-0.2, 0) is 15.8 Å². The van der Waals surface area contributed by atoms with E-state index in [4.69, 9.17) is 17.3 Å². The number of halogens is 5. The number of thiazole rings is 1. The largest absolute Gasteiger partial charge is 0.416 e. The van der Waals surface area contributed by atoms with E-state index in [9.17, 15) is 31.9 Å². The molecule has 188 valence electrons. The van der Waals surface area contributed by atoms with Crippen molar-refractivity contribution in [1.82, 2.24) is 9.97 Å². The zero-order valence-corrected chi connectivity index (χ0v) is 19.9. The van der Waals surface area contributed by atoms with E-state index in [2.05, 4.69) is 15.3 Å². The van der Waals surface area contributed by atoms with E-state index in [1.165, 1.54) is 6.92 Å². The molecule has 8 nitrogen and oxygen atoms in total. The molecule has 0 radical (unpaired) electrons. The highest BCUT2D eigenvalue weighted by Crippen LogP contribution is 2.49. The summed E-state index contributed by atoms with van der Waals surface area (Å²) in [5.41, 5.74) is 2.74. The lowest BCUT2D eigenvalue weighted by Crippen LogP contribution is -2.41. The van der Waals surface area contributed by atoms with E-state index < -0.39 is 40.7 Å². The van der Waals surface area contributed by atoms with Gasteiger partial charge in [0.25, 0.3) is 5.91 Å². The van der Waals surface area contributed by atoms with Crippen LogP contribution >= 0.6 is 22.9 Å². The molecule has 3 amide bonds. The van der Waals surface area contributed by atoms with Crippen LogP contribution in [0.2, 0.25) is 5.02 Å². The first-order chi connectivity index (χ1) is 16.8. The molecule has 2 aromatic heterocycles. The zero-order chi connectivity index (χ0) is 26.4. The van der Waals surface area contributed by atoms with Crippen LogP contribution in [0.1, 0.15) is 33.8 Å². The summed E-state index contributed by atoms with van der Waals surface area (Å²) in [6, 6.07) is 4.47. The normalized spacial score (nSPS) is 14.3. The van der Waals surface area contributed by atoms with Crippen molar-refractivity contribution < 1.29 is 31.9 Å². The maximum absolute atomic E-state index is 13.9. The minimum Gasteiger partial charge on any atom is -0.369 e. The predicted molar refractivity (Wildman–Crippen MR) is 123 cm³/mol. The number of carbonyl (C=O) groups is 3. The number of aryl methyl sites for hydroxylation is 1. The number of pyridine rings is 1. The fourth-order valence-corrected chi connectivity index (χ4v) is 4.51. The summed E-state index contributed by atoms with van der Waals surface area (Å²) in [5, 5.41) is 2.08. The number of benzene rings is 1. The second kappa shape index (κ2) is 9.13. The molecule has 0 spiro atoms. The number of nitrogens with zero attached hydrogens (tertiary/aromatic N) is 3. The van der Waals surface area contributed by atoms with Crippen LogP contribution in [-0.4, -0.2) is 27.7 Å². The van der Waals surface area contributed by atoms with Gasteiger partial charge in [0.15, 0.2) is 5.13 Å². The Labute approximate surface area is 210 Å². The van der Waals surface area contributed by atoms with Gasteiger partial charge in [-0.25, -0.2) is 19.3 Å². The summed E-state index contributed by atoms with van der Waals surface area (Å²) >= 11 is 6.66. The van der Waals surface area contributed by atoms with Crippen LogP contribution in [0.3, 0.4) is 0 Å². The first-order valence-electron chi connectivity index (χ1n) is 10.2. The standard InChI is InChI=1S/C22H16ClF4N5O3S/c1-10-16(17(33)31-14-8-11(22(25,26)27)2-3-13(14)23)36-20(30-10)32(15-9-12(24)4-7-29-15)19(35)21(5-6-21)18(28)34/h2-4,7-9H,5-6H2,1H3,(H2,28,34)(H,31,33). The highest BCUT2D eigenvalue weighted by molar-refractivity contribution is 7.18. The molecule has 0 aliphatic heterocycles. The fourth-order valence-electron chi connectivity index (χ4n) is 3.37. The second-order valence-corrected chi connectivity index (χ2v) is 9.36. The molecular formula is C22H16ClF4N5O3S. The summed E-state index contributed by atoms with van der Waals surface area (Å²) in [5.74, 6) is -3.39. The monoisotopic (exact) mass is 541 g/mol. The number of amides is 3. The van der Waals surface area contributed by atoms with Gasteiger partial charge in [0, 0.05) is 12.3 Å². The Morgan fingerprint density at radius 2 is 1.89 bits per heavy atom. The van der Waals surface area contributed by atoms with E-state index in [1.807, 2.05) is 0 Å². The number of nitrogens with one attached hydrogen (secondary N) is 1. The summed E-state index contributed by atoms with van der Waals surface area (Å²) in [4.78, 5) is 47.3. The Kier molecular flexibility index (Phi) is 6.47. The molecule has 36 heavy (non-hydrogen) atoms. The molecule has 0 bridgehead atoms. The van der Waals surface area contributed by atoms with E-state index in [0.29, 0.717) is 17.4 Å². The van der Waals surface area contributed by atoms with Crippen molar-refractivity contribution in [2.75, 3.05) is 10.2 Å². The molecule has 0 atom stereocenters. The molecule has 0 unspecified atom stereocenters. The molecule has 0 saturated heterocycles. The van der Waals surface area contributed by atoms with Gasteiger partial charge in [-0.2, -0.15) is 13.2 Å². The first-order valence-corrected chi connectivity index (χ1v) is 11.4. The van der Waals surface area contributed by atoms with Gasteiger partial charge in [0.05, 0.1) is 22.0 Å². The van der Waals surface area contributed by atoms with Crippen molar-refractivity contribution in [1.29, 1.82) is 0 Å². The predicted octanol–water partition coefficient (Wildman–Crippen LogP) is 4.84. The quantitative estimate of drug-likeness (QED) is 0.342. The Morgan fingerprint density at radius 3 is 2.47 bits per heavy atom. The number of primary amides is 1. The number of nitrogens with two attached hydrogens (primary N) is 1. The van der Waals surface area contributed by atoms with Crippen LogP contribution in [0.25, 0.3) is 0 Å². The van der Waals surface area contributed by atoms with Gasteiger partial charge in [-0.05, 0) is 44.0 Å². The zero-order valence-electron chi connectivity index (χ0n) is 18.3. The lowest BCUT2D eigenvalue weighted by molar-refractivity contribution is -0.137. The third kappa shape index (κ3) is 4.75. The number of rotatable bonds is 6. The smallest absolute Gasteiger partial charge is 0.369 e. The van der Waals surface area contributed by atoms with Crippen LogP contribution < -0.4 is 16.0 Å². The number of carbonyl (C=O) groups excluding carboxylic acids is 3. The molecule has 3 N–H and O–H groups in total. The summed E-state index contributed by atoms with van der Waals surface area (Å²) < 4.78 is 53.2. The van der Waals surface area contributed by atoms with Crippen molar-refractivity contribution in [2.45, 2.75) is 25.9 Å². The molecule has 3 aromatic rings. The first kappa shape index (κ1) is 25.5. The van der Waals surface area contributed by atoms with E-state index in [0.717, 1.165) is 35.4 Å². The van der Waals surface area contributed by atoms with Crippen molar-refractivity contribution in [3.05, 3.63) is 63.5 Å². The van der Waals surface area contributed by atoms with Gasteiger partial charge in [0.2, 0.25) is 11.8 Å². The van der Waals surface area contributed by atoms with E-state index in [-0.39, 0.29) is 45.1 Å². The number of hydrogen-bond donors (Lipinski definition) is 2. The Bertz CT molecular complexity index is 1390. The maximum Gasteiger partial charge on any atom is 0.416 e. The number of aromatic nitrogens is 2. The average Bonchev–Trinajstić information content (AvgIpc) is 3.52. The van der Waals surface area contributed by atoms with Gasteiger partial charge in [-0.3, -0.25) is 14.4 Å². The number of alkyl halides is 3. The minimum atomic E-state index is -4.66. The SMILES string of the molecule is Cc1nc(N(C(=O)C2(C(N)=O)CC2)c2cc(F)ccn2)sc1C(=O)Nc1cc(C(F)(F)F)ccc1Cl. The lowest BCUT2D eigenvalue weighted by atomic mass is 10.1. The summed E-state index contributed by atoms with van der Waals surface area (Å²) in [6.45, 7) is 1.44. The average molecular weight is 542 g/mol. The molecule has 1 aliphatic rings. The highest BCUT2D eigenvalue weighted by Gasteiger charge is 2.58. The topological polar surface area (TPSA) is 118 Å².